The van der Waals surface area contributed by atoms with Gasteiger partial charge in [-0.2, -0.15) is 0 Å². The van der Waals surface area contributed by atoms with Crippen molar-refractivity contribution < 1.29 is 14.4 Å². The van der Waals surface area contributed by atoms with Crippen molar-refractivity contribution in [2.24, 2.45) is 5.92 Å². The van der Waals surface area contributed by atoms with Gasteiger partial charge < -0.3 is 20.0 Å². The summed E-state index contributed by atoms with van der Waals surface area (Å²) in [7, 11) is 0. The summed E-state index contributed by atoms with van der Waals surface area (Å²) in [5.74, 6) is 0.447. The summed E-state index contributed by atoms with van der Waals surface area (Å²) in [6.07, 6.45) is 7.65. The third-order valence-electron chi connectivity index (χ3n) is 9.30. The van der Waals surface area contributed by atoms with Gasteiger partial charge in [-0.05, 0) is 75.5 Å². The van der Waals surface area contributed by atoms with Crippen LogP contribution in [0.5, 0.6) is 0 Å². The van der Waals surface area contributed by atoms with Crippen molar-refractivity contribution in [2.45, 2.75) is 63.3 Å². The smallest absolute Gasteiger partial charge is 0.320 e. The Morgan fingerprint density at radius 1 is 1.05 bits per heavy atom. The van der Waals surface area contributed by atoms with Crippen molar-refractivity contribution in [3.8, 4) is 0 Å². The van der Waals surface area contributed by atoms with Gasteiger partial charge in [0.1, 0.15) is 0 Å². The first kappa shape index (κ1) is 26.1. The number of aromatic nitrogens is 1. The van der Waals surface area contributed by atoms with Crippen molar-refractivity contribution in [3.05, 3.63) is 58.4 Å². The lowest BCUT2D eigenvalue weighted by molar-refractivity contribution is -0.124. The van der Waals surface area contributed by atoms with Crippen LogP contribution in [0.1, 0.15) is 66.6 Å². The highest BCUT2D eigenvalue weighted by molar-refractivity contribution is 6.30. The maximum absolute atomic E-state index is 14.1. The number of hydrogen-bond acceptors (Lipinski definition) is 4. The van der Waals surface area contributed by atoms with E-state index in [4.69, 9.17) is 11.6 Å². The molecule has 206 valence electrons. The van der Waals surface area contributed by atoms with Crippen LogP contribution in [-0.4, -0.2) is 71.4 Å². The maximum Gasteiger partial charge on any atom is 0.320 e. The molecule has 0 unspecified atom stereocenters. The van der Waals surface area contributed by atoms with Gasteiger partial charge in [0.05, 0.1) is 21.7 Å². The van der Waals surface area contributed by atoms with E-state index in [2.05, 4.69) is 22.4 Å². The monoisotopic (exact) mass is 549 g/mol. The molecular formula is C30H36ClN5O3. The van der Waals surface area contributed by atoms with Crippen LogP contribution in [0.3, 0.4) is 0 Å². The molecule has 6 rings (SSSR count). The molecule has 4 aliphatic rings. The summed E-state index contributed by atoms with van der Waals surface area (Å²) in [4.78, 5) is 49.7. The number of nitrogens with zero attached hydrogens (tertiary/aromatic N) is 4. The molecule has 9 heteroatoms. The van der Waals surface area contributed by atoms with Crippen molar-refractivity contribution in [1.82, 2.24) is 20.1 Å². The Bertz CT molecular complexity index is 1280. The summed E-state index contributed by atoms with van der Waals surface area (Å²) in [5.41, 5.74) is 2.81. The summed E-state index contributed by atoms with van der Waals surface area (Å²) in [5, 5.41) is 3.62. The number of pyridine rings is 1. The van der Waals surface area contributed by atoms with E-state index in [0.29, 0.717) is 54.7 Å². The van der Waals surface area contributed by atoms with Gasteiger partial charge in [0.15, 0.2) is 0 Å². The Kier molecular flexibility index (Phi) is 7.00. The average molecular weight is 550 g/mol. The number of likely N-dealkylation sites (tertiary alicyclic amines) is 2. The molecule has 3 aliphatic heterocycles. The zero-order valence-corrected chi connectivity index (χ0v) is 23.3. The zero-order valence-electron chi connectivity index (χ0n) is 22.5. The van der Waals surface area contributed by atoms with E-state index in [1.54, 1.807) is 12.3 Å². The van der Waals surface area contributed by atoms with Crippen molar-refractivity contribution in [2.75, 3.05) is 37.6 Å². The largest absolute Gasteiger partial charge is 0.349 e. The van der Waals surface area contributed by atoms with E-state index in [0.717, 1.165) is 56.4 Å². The van der Waals surface area contributed by atoms with Crippen LogP contribution in [0.25, 0.3) is 0 Å². The second-order valence-electron chi connectivity index (χ2n) is 11.6. The number of anilines is 1. The number of hydrogen-bond donors (Lipinski definition) is 1. The van der Waals surface area contributed by atoms with Gasteiger partial charge in [-0.1, -0.05) is 29.8 Å². The van der Waals surface area contributed by atoms with Crippen LogP contribution in [0.15, 0.2) is 36.5 Å². The summed E-state index contributed by atoms with van der Waals surface area (Å²) >= 11 is 6.05. The molecular weight excluding hydrogens is 514 g/mol. The number of piperidine rings is 1. The minimum atomic E-state index is -0.531. The number of carbonyl (C=O) groups is 3. The quantitative estimate of drug-likeness (QED) is 0.607. The van der Waals surface area contributed by atoms with Crippen molar-refractivity contribution in [3.63, 3.8) is 0 Å². The molecule has 1 aliphatic carbocycles. The molecule has 0 bridgehead atoms. The minimum absolute atomic E-state index is 0.105. The number of carbonyl (C=O) groups excluding carboxylic acids is 3. The highest BCUT2D eigenvalue weighted by Gasteiger charge is 2.52. The zero-order chi connectivity index (χ0) is 27.1. The van der Waals surface area contributed by atoms with Gasteiger partial charge in [0, 0.05) is 50.6 Å². The Morgan fingerprint density at radius 2 is 1.74 bits per heavy atom. The standard InChI is InChI=1S/C30H36ClN5O3/c1-20-24(17-22(31)18-32-20)27(37)33-23-9-7-21(8-10-23)19-36-26-6-3-2-5-25(26)30(28(36)38)11-15-35(16-12-30)29(39)34-13-4-14-34/h2-3,5-6,17-18,21,23H,4,7-16,19H2,1H3,(H,33,37). The number of aryl methyl sites for hydroxylation is 1. The molecule has 2 aromatic rings. The first-order chi connectivity index (χ1) is 18.9. The normalized spacial score (nSPS) is 23.9. The van der Waals surface area contributed by atoms with Gasteiger partial charge in [0.25, 0.3) is 5.91 Å². The second-order valence-corrected chi connectivity index (χ2v) is 12.0. The molecule has 4 amide bonds. The predicted octanol–water partition coefficient (Wildman–Crippen LogP) is 4.54. The van der Waals surface area contributed by atoms with E-state index in [1.165, 1.54) is 0 Å². The summed E-state index contributed by atoms with van der Waals surface area (Å²) < 4.78 is 0. The molecule has 1 saturated carbocycles. The molecule has 0 atom stereocenters. The molecule has 1 spiro atoms. The number of urea groups is 1. The third-order valence-corrected chi connectivity index (χ3v) is 9.51. The van der Waals surface area contributed by atoms with Crippen LogP contribution >= 0.6 is 11.6 Å². The van der Waals surface area contributed by atoms with Crippen LogP contribution in [-0.2, 0) is 10.2 Å². The fraction of sp³-hybridized carbons (Fsp3) is 0.533. The number of rotatable bonds is 4. The maximum atomic E-state index is 14.1. The second kappa shape index (κ2) is 10.5. The lowest BCUT2D eigenvalue weighted by Crippen LogP contribution is -2.55. The molecule has 1 aromatic carbocycles. The number of para-hydroxylation sites is 1. The van der Waals surface area contributed by atoms with Gasteiger partial charge >= 0.3 is 6.03 Å². The topological polar surface area (TPSA) is 85.9 Å². The fourth-order valence-corrected chi connectivity index (χ4v) is 6.95. The van der Waals surface area contributed by atoms with E-state index >= 15 is 0 Å². The first-order valence-corrected chi connectivity index (χ1v) is 14.6. The predicted molar refractivity (Wildman–Crippen MR) is 150 cm³/mol. The Morgan fingerprint density at radius 3 is 2.44 bits per heavy atom. The molecule has 2 saturated heterocycles. The number of fused-ring (bicyclic) bond motifs is 2. The molecule has 4 heterocycles. The molecule has 3 fully saturated rings. The number of amides is 4. The number of benzene rings is 1. The van der Waals surface area contributed by atoms with Crippen molar-refractivity contribution >= 4 is 35.1 Å². The molecule has 1 aromatic heterocycles. The van der Waals surface area contributed by atoms with Gasteiger partial charge in [-0.25, -0.2) is 4.79 Å². The van der Waals surface area contributed by atoms with E-state index in [1.807, 2.05) is 33.8 Å². The Labute approximate surface area is 234 Å². The van der Waals surface area contributed by atoms with Crippen LogP contribution in [0.2, 0.25) is 5.02 Å². The molecule has 1 N–H and O–H groups in total. The van der Waals surface area contributed by atoms with Gasteiger partial charge in [-0.3, -0.25) is 14.6 Å². The summed E-state index contributed by atoms with van der Waals surface area (Å²) in [6.45, 7) is 5.45. The van der Waals surface area contributed by atoms with E-state index in [-0.39, 0.29) is 23.9 Å². The van der Waals surface area contributed by atoms with Crippen LogP contribution in [0, 0.1) is 12.8 Å². The molecule has 8 nitrogen and oxygen atoms in total. The highest BCUT2D eigenvalue weighted by atomic mass is 35.5. The van der Waals surface area contributed by atoms with Crippen molar-refractivity contribution in [1.29, 1.82) is 0 Å². The SMILES string of the molecule is Cc1ncc(Cl)cc1C(=O)NC1CCC(CN2C(=O)C3(CCN(C(=O)N4CCC4)CC3)c3ccccc32)CC1. The van der Waals surface area contributed by atoms with Crippen LogP contribution < -0.4 is 10.2 Å². The third kappa shape index (κ3) is 4.77. The van der Waals surface area contributed by atoms with Crippen LogP contribution in [0.4, 0.5) is 10.5 Å². The molecule has 39 heavy (non-hydrogen) atoms. The highest BCUT2D eigenvalue weighted by Crippen LogP contribution is 2.48. The average Bonchev–Trinajstić information content (AvgIpc) is 3.13. The Balaban J connectivity index is 1.08. The number of halogens is 1. The summed E-state index contributed by atoms with van der Waals surface area (Å²) in [6, 6.07) is 10.1. The van der Waals surface area contributed by atoms with E-state index in [9.17, 15) is 14.4 Å². The van der Waals surface area contributed by atoms with Gasteiger partial charge in [0.2, 0.25) is 5.91 Å². The fourth-order valence-electron chi connectivity index (χ4n) is 6.80. The first-order valence-electron chi connectivity index (χ1n) is 14.2. The number of nitrogens with one attached hydrogen (secondary N) is 1. The lowest BCUT2D eigenvalue weighted by atomic mass is 9.73. The lowest BCUT2D eigenvalue weighted by Gasteiger charge is -2.42. The minimum Gasteiger partial charge on any atom is -0.349 e. The Hall–Kier alpha value is -3.13. The van der Waals surface area contributed by atoms with Gasteiger partial charge in [-0.15, -0.1) is 0 Å². The molecule has 0 radical (unpaired) electrons. The van der Waals surface area contributed by atoms with E-state index < -0.39 is 5.41 Å².